The molecular weight excluding hydrogens is 328 g/mol. The van der Waals surface area contributed by atoms with Gasteiger partial charge in [0.25, 0.3) is 0 Å². The van der Waals surface area contributed by atoms with E-state index in [1.165, 1.54) is 5.56 Å². The van der Waals surface area contributed by atoms with Crippen LogP contribution in [0.1, 0.15) is 53.5 Å². The molecule has 0 radical (unpaired) electrons. The summed E-state index contributed by atoms with van der Waals surface area (Å²) in [5.74, 6) is 0.125. The molecule has 0 spiro atoms. The molecule has 2 rings (SSSR count). The Labute approximate surface area is 157 Å². The first-order valence-corrected chi connectivity index (χ1v) is 9.30. The summed E-state index contributed by atoms with van der Waals surface area (Å²) in [5.41, 5.74) is 0.298. The van der Waals surface area contributed by atoms with Gasteiger partial charge in [-0.25, -0.2) is 4.79 Å². The van der Waals surface area contributed by atoms with Crippen LogP contribution in [0.25, 0.3) is 0 Å². The Hall–Kier alpha value is -2.04. The fraction of sp³-hybridized carbons (Fsp3) is 0.619. The highest BCUT2D eigenvalue weighted by molar-refractivity contribution is 5.86. The standard InChI is InChI=1S/C21H32N2O3/c1-20(2,3)22-18(24)17-13-16(12-15-10-8-7-9-11-15)14-23(17)19(25)26-21(4,5)6/h7-11,16-17H,12-14H2,1-6H3,(H,22,24)/t16?,17-/m0/s1. The van der Waals surface area contributed by atoms with Crippen molar-refractivity contribution < 1.29 is 14.3 Å². The molecule has 5 heteroatoms. The Bertz CT molecular complexity index is 593. The molecule has 0 bridgehead atoms. The molecule has 1 fully saturated rings. The topological polar surface area (TPSA) is 58.6 Å². The van der Waals surface area contributed by atoms with Crippen molar-refractivity contribution in [1.29, 1.82) is 0 Å². The molecule has 1 N–H and O–H groups in total. The number of carbonyl (C=O) groups is 2. The zero-order chi connectivity index (χ0) is 19.5. The lowest BCUT2D eigenvalue weighted by Crippen LogP contribution is -2.52. The number of hydrogen-bond acceptors (Lipinski definition) is 3. The van der Waals surface area contributed by atoms with Gasteiger partial charge >= 0.3 is 6.09 Å². The number of hydrogen-bond donors (Lipinski definition) is 1. The summed E-state index contributed by atoms with van der Waals surface area (Å²) in [5, 5.41) is 3.00. The van der Waals surface area contributed by atoms with E-state index in [0.717, 1.165) is 6.42 Å². The second-order valence-electron chi connectivity index (χ2n) is 9.18. The minimum absolute atomic E-state index is 0.112. The maximum Gasteiger partial charge on any atom is 0.410 e. The summed E-state index contributed by atoms with van der Waals surface area (Å²) in [6.07, 6.45) is 1.08. The van der Waals surface area contributed by atoms with E-state index in [1.807, 2.05) is 59.7 Å². The lowest BCUT2D eigenvalue weighted by molar-refractivity contribution is -0.126. The van der Waals surface area contributed by atoms with Gasteiger partial charge in [-0.1, -0.05) is 30.3 Å². The molecule has 1 aromatic rings. The van der Waals surface area contributed by atoms with E-state index >= 15 is 0 Å². The van der Waals surface area contributed by atoms with Gasteiger partial charge in [-0.2, -0.15) is 0 Å². The quantitative estimate of drug-likeness (QED) is 0.893. The normalized spacial score (nSPS) is 20.8. The van der Waals surface area contributed by atoms with Crippen molar-refractivity contribution in [2.75, 3.05) is 6.54 Å². The number of amides is 2. The fourth-order valence-electron chi connectivity index (χ4n) is 3.24. The first-order chi connectivity index (χ1) is 11.9. The van der Waals surface area contributed by atoms with Crippen LogP contribution in [-0.2, 0) is 16.0 Å². The van der Waals surface area contributed by atoms with Crippen LogP contribution in [0.2, 0.25) is 0 Å². The number of nitrogens with zero attached hydrogens (tertiary/aromatic N) is 1. The van der Waals surface area contributed by atoms with Crippen molar-refractivity contribution in [3.8, 4) is 0 Å². The second kappa shape index (κ2) is 7.68. The third kappa shape index (κ3) is 6.04. The van der Waals surface area contributed by atoms with Crippen molar-refractivity contribution >= 4 is 12.0 Å². The summed E-state index contributed by atoms with van der Waals surface area (Å²) in [6, 6.07) is 9.70. The SMILES string of the molecule is CC(C)(C)NC(=O)[C@@H]1CC(Cc2ccccc2)CN1C(=O)OC(C)(C)C. The molecule has 1 aromatic carbocycles. The molecule has 26 heavy (non-hydrogen) atoms. The molecule has 2 atom stereocenters. The smallest absolute Gasteiger partial charge is 0.410 e. The third-order valence-electron chi connectivity index (χ3n) is 4.18. The fourth-order valence-corrected chi connectivity index (χ4v) is 3.24. The highest BCUT2D eigenvalue weighted by Gasteiger charge is 2.42. The van der Waals surface area contributed by atoms with Crippen LogP contribution in [0.3, 0.4) is 0 Å². The van der Waals surface area contributed by atoms with Gasteiger partial charge in [-0.3, -0.25) is 9.69 Å². The Morgan fingerprint density at radius 2 is 1.73 bits per heavy atom. The molecule has 0 aliphatic carbocycles. The van der Waals surface area contributed by atoms with Crippen LogP contribution >= 0.6 is 0 Å². The molecule has 1 aliphatic heterocycles. The van der Waals surface area contributed by atoms with E-state index in [4.69, 9.17) is 4.74 Å². The van der Waals surface area contributed by atoms with Gasteiger partial charge in [0.15, 0.2) is 0 Å². The van der Waals surface area contributed by atoms with Gasteiger partial charge in [0.2, 0.25) is 5.91 Å². The molecule has 1 saturated heterocycles. The summed E-state index contributed by atoms with van der Waals surface area (Å²) in [4.78, 5) is 27.0. The summed E-state index contributed by atoms with van der Waals surface area (Å²) in [7, 11) is 0. The van der Waals surface area contributed by atoms with Gasteiger partial charge in [-0.05, 0) is 65.9 Å². The largest absolute Gasteiger partial charge is 0.444 e. The average molecular weight is 360 g/mol. The number of rotatable bonds is 3. The van der Waals surface area contributed by atoms with Crippen molar-refractivity contribution in [2.45, 2.75) is 71.6 Å². The molecular formula is C21H32N2O3. The van der Waals surface area contributed by atoms with E-state index in [1.54, 1.807) is 4.90 Å². The number of nitrogens with one attached hydrogen (secondary N) is 1. The molecule has 144 valence electrons. The van der Waals surface area contributed by atoms with Gasteiger partial charge in [0.1, 0.15) is 11.6 Å². The highest BCUT2D eigenvalue weighted by atomic mass is 16.6. The van der Waals surface area contributed by atoms with Crippen LogP contribution in [0.15, 0.2) is 30.3 Å². The summed E-state index contributed by atoms with van der Waals surface area (Å²) >= 11 is 0. The molecule has 5 nitrogen and oxygen atoms in total. The average Bonchev–Trinajstić information content (AvgIpc) is 2.89. The number of carbonyl (C=O) groups excluding carboxylic acids is 2. The van der Waals surface area contributed by atoms with Crippen molar-refractivity contribution in [3.63, 3.8) is 0 Å². The van der Waals surface area contributed by atoms with E-state index < -0.39 is 17.7 Å². The molecule has 0 saturated carbocycles. The lowest BCUT2D eigenvalue weighted by Gasteiger charge is -2.30. The van der Waals surface area contributed by atoms with E-state index in [9.17, 15) is 9.59 Å². The Morgan fingerprint density at radius 1 is 1.12 bits per heavy atom. The zero-order valence-corrected chi connectivity index (χ0v) is 16.8. The summed E-state index contributed by atoms with van der Waals surface area (Å²) < 4.78 is 5.54. The van der Waals surface area contributed by atoms with Crippen LogP contribution in [0.5, 0.6) is 0 Å². The zero-order valence-electron chi connectivity index (χ0n) is 16.8. The number of benzene rings is 1. The van der Waals surface area contributed by atoms with Gasteiger partial charge in [0, 0.05) is 12.1 Å². The maximum absolute atomic E-state index is 12.8. The lowest BCUT2D eigenvalue weighted by atomic mass is 9.96. The predicted octanol–water partition coefficient (Wildman–Crippen LogP) is 3.77. The van der Waals surface area contributed by atoms with Crippen LogP contribution in [-0.4, -0.2) is 40.6 Å². The van der Waals surface area contributed by atoms with Gasteiger partial charge in [0.05, 0.1) is 0 Å². The van der Waals surface area contributed by atoms with Crippen molar-refractivity contribution in [3.05, 3.63) is 35.9 Å². The van der Waals surface area contributed by atoms with E-state index in [-0.39, 0.29) is 17.4 Å². The second-order valence-corrected chi connectivity index (χ2v) is 9.18. The maximum atomic E-state index is 12.8. The predicted molar refractivity (Wildman–Crippen MR) is 103 cm³/mol. The van der Waals surface area contributed by atoms with Gasteiger partial charge in [-0.15, -0.1) is 0 Å². The van der Waals surface area contributed by atoms with Crippen molar-refractivity contribution in [2.24, 2.45) is 5.92 Å². The number of likely N-dealkylation sites (tertiary alicyclic amines) is 1. The Balaban J connectivity index is 2.14. The molecule has 1 aliphatic rings. The Kier molecular flexibility index (Phi) is 5.99. The van der Waals surface area contributed by atoms with Crippen LogP contribution < -0.4 is 5.32 Å². The minimum atomic E-state index is -0.584. The monoisotopic (exact) mass is 360 g/mol. The first kappa shape index (κ1) is 20.3. The highest BCUT2D eigenvalue weighted by Crippen LogP contribution is 2.28. The van der Waals surface area contributed by atoms with Crippen molar-refractivity contribution in [1.82, 2.24) is 10.2 Å². The molecule has 1 unspecified atom stereocenters. The van der Waals surface area contributed by atoms with Crippen LogP contribution in [0, 0.1) is 5.92 Å². The third-order valence-corrected chi connectivity index (χ3v) is 4.18. The summed E-state index contributed by atoms with van der Waals surface area (Å²) in [6.45, 7) is 11.9. The van der Waals surface area contributed by atoms with Gasteiger partial charge < -0.3 is 10.1 Å². The molecule has 1 heterocycles. The number of ether oxygens (including phenoxy) is 1. The first-order valence-electron chi connectivity index (χ1n) is 9.30. The molecule has 2 amide bonds. The van der Waals surface area contributed by atoms with E-state index in [0.29, 0.717) is 13.0 Å². The minimum Gasteiger partial charge on any atom is -0.444 e. The van der Waals surface area contributed by atoms with Crippen LogP contribution in [0.4, 0.5) is 4.79 Å². The van der Waals surface area contributed by atoms with E-state index in [2.05, 4.69) is 17.4 Å². The Morgan fingerprint density at radius 3 is 2.27 bits per heavy atom. The molecule has 0 aromatic heterocycles.